The molecule has 2 heterocycles. The summed E-state index contributed by atoms with van der Waals surface area (Å²) in [6.45, 7) is 8.93. The molecule has 1 aromatic carbocycles. The van der Waals surface area contributed by atoms with Crippen LogP contribution in [-0.2, 0) is 9.59 Å². The van der Waals surface area contributed by atoms with Crippen LogP contribution in [0.25, 0.3) is 0 Å². The summed E-state index contributed by atoms with van der Waals surface area (Å²) in [4.78, 5) is 31.4. The first-order valence-corrected chi connectivity index (χ1v) is 12.1. The molecule has 0 spiro atoms. The van der Waals surface area contributed by atoms with Gasteiger partial charge in [0.15, 0.2) is 0 Å². The normalized spacial score (nSPS) is 28.2. The number of hydrogen-bond acceptors (Lipinski definition) is 5. The number of benzene rings is 1. The molecule has 6 nitrogen and oxygen atoms in total. The maximum atomic E-state index is 13.9. The molecule has 1 aromatic rings. The van der Waals surface area contributed by atoms with Crippen LogP contribution in [0.3, 0.4) is 0 Å². The second kappa shape index (κ2) is 11.2. The van der Waals surface area contributed by atoms with E-state index in [1.54, 1.807) is 0 Å². The predicted molar refractivity (Wildman–Crippen MR) is 130 cm³/mol. The minimum absolute atomic E-state index is 0. The van der Waals surface area contributed by atoms with Crippen molar-refractivity contribution in [1.29, 1.82) is 0 Å². The lowest BCUT2D eigenvalue weighted by atomic mass is 9.80. The number of para-hydroxylation sites is 2. The van der Waals surface area contributed by atoms with Crippen molar-refractivity contribution in [3.8, 4) is 5.75 Å². The number of imide groups is 1. The lowest BCUT2D eigenvalue weighted by molar-refractivity contribution is -0.140. The molecule has 2 amide bonds. The van der Waals surface area contributed by atoms with E-state index in [1.165, 1.54) is 4.90 Å². The number of amides is 2. The summed E-state index contributed by atoms with van der Waals surface area (Å²) >= 11 is 6.02. The Morgan fingerprint density at radius 2 is 1.67 bits per heavy atom. The van der Waals surface area contributed by atoms with E-state index in [-0.39, 0.29) is 43.2 Å². The predicted octanol–water partition coefficient (Wildman–Crippen LogP) is 3.75. The minimum Gasteiger partial charge on any atom is -0.489 e. The molecule has 2 aliphatic heterocycles. The number of likely N-dealkylation sites (tertiary alicyclic amines) is 1. The lowest BCUT2D eigenvalue weighted by Crippen LogP contribution is -2.47. The van der Waals surface area contributed by atoms with E-state index in [0.717, 1.165) is 50.6 Å². The van der Waals surface area contributed by atoms with E-state index in [9.17, 15) is 14.0 Å². The van der Waals surface area contributed by atoms with Gasteiger partial charge in [-0.1, -0.05) is 12.1 Å². The molecular formula is C24H34Cl2FN3O3. The summed E-state index contributed by atoms with van der Waals surface area (Å²) in [5.41, 5.74) is 1.13. The number of fused-ring (bicyclic) bond motifs is 1. The highest BCUT2D eigenvalue weighted by Crippen LogP contribution is 2.41. The molecule has 0 bridgehead atoms. The number of carbonyl (C=O) groups is 2. The van der Waals surface area contributed by atoms with Crippen molar-refractivity contribution in [2.75, 3.05) is 44.2 Å². The fourth-order valence-electron chi connectivity index (χ4n) is 5.12. The van der Waals surface area contributed by atoms with Crippen LogP contribution >= 0.6 is 24.0 Å². The molecule has 184 valence electrons. The second-order valence-corrected chi connectivity index (χ2v) is 9.92. The number of carbonyl (C=O) groups excluding carboxylic acids is 2. The van der Waals surface area contributed by atoms with Crippen LogP contribution < -0.4 is 9.64 Å². The van der Waals surface area contributed by atoms with Crippen molar-refractivity contribution in [1.82, 2.24) is 9.80 Å². The topological polar surface area (TPSA) is 53.1 Å². The van der Waals surface area contributed by atoms with Crippen molar-refractivity contribution in [3.05, 3.63) is 24.3 Å². The van der Waals surface area contributed by atoms with Crippen molar-refractivity contribution in [2.24, 2.45) is 11.8 Å². The van der Waals surface area contributed by atoms with Crippen molar-refractivity contribution < 1.29 is 18.7 Å². The number of piperazine rings is 1. The second-order valence-electron chi connectivity index (χ2n) is 9.36. The van der Waals surface area contributed by atoms with Gasteiger partial charge in [-0.3, -0.25) is 19.4 Å². The number of anilines is 1. The number of ether oxygens (including phenoxy) is 1. The van der Waals surface area contributed by atoms with Gasteiger partial charge < -0.3 is 9.64 Å². The van der Waals surface area contributed by atoms with E-state index in [4.69, 9.17) is 16.3 Å². The van der Waals surface area contributed by atoms with Crippen LogP contribution in [0.5, 0.6) is 5.75 Å². The SMILES string of the molecule is CC(C)Oc1ccccc1N1CCN(CCCN2C(=O)C3CC(F)C(Cl)CC3C2=O)CC1.Cl. The largest absolute Gasteiger partial charge is 0.489 e. The van der Waals surface area contributed by atoms with E-state index < -0.39 is 23.4 Å². The zero-order valence-corrected chi connectivity index (χ0v) is 20.9. The third-order valence-corrected chi connectivity index (χ3v) is 7.25. The summed E-state index contributed by atoms with van der Waals surface area (Å²) in [5.74, 6) is -0.419. The van der Waals surface area contributed by atoms with Gasteiger partial charge in [-0.05, 0) is 51.8 Å². The smallest absolute Gasteiger partial charge is 0.233 e. The Kier molecular flexibility index (Phi) is 8.87. The molecule has 4 atom stereocenters. The zero-order valence-electron chi connectivity index (χ0n) is 19.3. The quantitative estimate of drug-likeness (QED) is 0.420. The van der Waals surface area contributed by atoms with Crippen LogP contribution in [0.1, 0.15) is 33.1 Å². The van der Waals surface area contributed by atoms with Crippen LogP contribution in [0.15, 0.2) is 24.3 Å². The van der Waals surface area contributed by atoms with Crippen LogP contribution in [-0.4, -0.2) is 78.5 Å². The number of nitrogens with zero attached hydrogens (tertiary/aromatic N) is 3. The number of rotatable bonds is 7. The van der Waals surface area contributed by atoms with Crippen LogP contribution in [0.4, 0.5) is 10.1 Å². The van der Waals surface area contributed by atoms with Crippen molar-refractivity contribution >= 4 is 41.5 Å². The molecule has 3 aliphatic rings. The maximum Gasteiger partial charge on any atom is 0.233 e. The summed E-state index contributed by atoms with van der Waals surface area (Å²) in [7, 11) is 0. The molecular weight excluding hydrogens is 468 g/mol. The van der Waals surface area contributed by atoms with E-state index in [2.05, 4.69) is 15.9 Å². The first kappa shape index (κ1) is 26.0. The van der Waals surface area contributed by atoms with Gasteiger partial charge in [-0.15, -0.1) is 24.0 Å². The van der Waals surface area contributed by atoms with Gasteiger partial charge in [0.25, 0.3) is 0 Å². The van der Waals surface area contributed by atoms with Gasteiger partial charge in [-0.2, -0.15) is 0 Å². The van der Waals surface area contributed by atoms with Gasteiger partial charge in [-0.25, -0.2) is 4.39 Å². The van der Waals surface area contributed by atoms with Gasteiger partial charge in [0.2, 0.25) is 11.8 Å². The third-order valence-electron chi connectivity index (χ3n) is 6.80. The Morgan fingerprint density at radius 1 is 1.03 bits per heavy atom. The number of halogens is 3. The van der Waals surface area contributed by atoms with Gasteiger partial charge >= 0.3 is 0 Å². The van der Waals surface area contributed by atoms with Gasteiger partial charge in [0.1, 0.15) is 11.9 Å². The Hall–Kier alpha value is -1.57. The Balaban J connectivity index is 0.00000306. The molecule has 3 fully saturated rings. The van der Waals surface area contributed by atoms with Gasteiger partial charge in [0, 0.05) is 32.7 Å². The molecule has 0 N–H and O–H groups in total. The summed E-state index contributed by atoms with van der Waals surface area (Å²) in [5, 5.41) is -0.666. The lowest BCUT2D eigenvalue weighted by Gasteiger charge is -2.37. The molecule has 33 heavy (non-hydrogen) atoms. The number of hydrogen-bond donors (Lipinski definition) is 0. The molecule has 9 heteroatoms. The van der Waals surface area contributed by atoms with Gasteiger partial charge in [0.05, 0.1) is 29.0 Å². The molecule has 2 saturated heterocycles. The fourth-order valence-corrected chi connectivity index (χ4v) is 5.42. The third kappa shape index (κ3) is 5.75. The monoisotopic (exact) mass is 501 g/mol. The standard InChI is InChI=1S/C24H33ClFN3O3.ClH/c1-16(2)32-22-7-4-3-6-21(22)28-12-10-27(11-13-28)8-5-9-29-23(30)17-14-19(25)20(26)15-18(17)24(29)31;/h3-4,6-7,16-20H,5,8-15H2,1-2H3;1H. The van der Waals surface area contributed by atoms with E-state index >= 15 is 0 Å². The molecule has 1 aliphatic carbocycles. The molecule has 0 radical (unpaired) electrons. The Bertz CT molecular complexity index is 807. The maximum absolute atomic E-state index is 13.9. The molecule has 0 aromatic heterocycles. The average molecular weight is 502 g/mol. The minimum atomic E-state index is -1.21. The highest BCUT2D eigenvalue weighted by atomic mass is 35.5. The molecule has 4 unspecified atom stereocenters. The highest BCUT2D eigenvalue weighted by molar-refractivity contribution is 6.21. The zero-order chi connectivity index (χ0) is 22.8. The molecule has 4 rings (SSSR count). The first-order chi connectivity index (χ1) is 15.3. The van der Waals surface area contributed by atoms with Crippen molar-refractivity contribution in [2.45, 2.75) is 50.8 Å². The first-order valence-electron chi connectivity index (χ1n) is 11.7. The van der Waals surface area contributed by atoms with Crippen LogP contribution in [0.2, 0.25) is 0 Å². The summed E-state index contributed by atoms with van der Waals surface area (Å²) < 4.78 is 19.9. The summed E-state index contributed by atoms with van der Waals surface area (Å²) in [6, 6.07) is 8.15. The average Bonchev–Trinajstić information content (AvgIpc) is 2.99. The number of alkyl halides is 2. The van der Waals surface area contributed by atoms with E-state index in [0.29, 0.717) is 6.54 Å². The summed E-state index contributed by atoms with van der Waals surface area (Å²) in [6.07, 6.45) is -0.0133. The Morgan fingerprint density at radius 3 is 2.33 bits per heavy atom. The van der Waals surface area contributed by atoms with Crippen LogP contribution in [0, 0.1) is 11.8 Å². The van der Waals surface area contributed by atoms with E-state index in [1.807, 2.05) is 32.0 Å². The molecule has 1 saturated carbocycles. The Labute approximate surface area is 206 Å². The fraction of sp³-hybridized carbons (Fsp3) is 0.667. The highest BCUT2D eigenvalue weighted by Gasteiger charge is 2.52. The van der Waals surface area contributed by atoms with Crippen molar-refractivity contribution in [3.63, 3.8) is 0 Å².